The number of phenolic OH excluding ortho intramolecular Hbond substituents is 1. The van der Waals surface area contributed by atoms with Crippen molar-refractivity contribution in [2.45, 2.75) is 6.54 Å². The molecule has 0 radical (unpaired) electrons. The number of hydrogen-bond donors (Lipinski definition) is 2. The van der Waals surface area contributed by atoms with Gasteiger partial charge in [0.25, 0.3) is 0 Å². The van der Waals surface area contributed by atoms with Gasteiger partial charge in [-0.15, -0.1) is 0 Å². The molecule has 0 unspecified atom stereocenters. The van der Waals surface area contributed by atoms with E-state index in [0.717, 1.165) is 28.1 Å². The number of benzene rings is 3. The summed E-state index contributed by atoms with van der Waals surface area (Å²) < 4.78 is 0. The van der Waals surface area contributed by atoms with E-state index in [1.807, 2.05) is 66.7 Å². The third kappa shape index (κ3) is 3.15. The maximum atomic E-state index is 10.2. The molecule has 4 rings (SSSR count). The molecule has 0 atom stereocenters. The number of hydrogen-bond acceptors (Lipinski definition) is 3. The number of H-pyrrole nitrogens is 1. The van der Waals surface area contributed by atoms with E-state index in [1.54, 1.807) is 12.1 Å². The third-order valence-corrected chi connectivity index (χ3v) is 4.03. The first-order valence-electron chi connectivity index (χ1n) is 8.13. The Hall–Kier alpha value is -3.40. The Kier molecular flexibility index (Phi) is 4.01. The molecular formula is C21H17N3O. The van der Waals surface area contributed by atoms with Gasteiger partial charge >= 0.3 is 0 Å². The highest BCUT2D eigenvalue weighted by Gasteiger charge is 2.11. The molecule has 4 nitrogen and oxygen atoms in total. The first kappa shape index (κ1) is 15.1. The molecule has 1 aromatic heterocycles. The number of nitrogens with one attached hydrogen (secondary N) is 1. The normalized spacial score (nSPS) is 11.8. The van der Waals surface area contributed by atoms with Crippen molar-refractivity contribution in [2.75, 3.05) is 0 Å². The minimum absolute atomic E-state index is 0.217. The molecule has 25 heavy (non-hydrogen) atoms. The molecule has 4 heteroatoms. The zero-order chi connectivity index (χ0) is 17.1. The summed E-state index contributed by atoms with van der Waals surface area (Å²) in [5, 5.41) is 10.2. The summed E-state index contributed by atoms with van der Waals surface area (Å²) in [6, 6.07) is 25.0. The lowest BCUT2D eigenvalue weighted by atomic mass is 10.0. The highest BCUT2D eigenvalue weighted by molar-refractivity contribution is 6.14. The van der Waals surface area contributed by atoms with Gasteiger partial charge in [0.2, 0.25) is 0 Å². The smallest absolute Gasteiger partial charge is 0.129 e. The average Bonchev–Trinajstić information content (AvgIpc) is 3.07. The lowest BCUT2D eigenvalue weighted by Crippen LogP contribution is -2.05. The second-order valence-corrected chi connectivity index (χ2v) is 5.75. The minimum Gasteiger partial charge on any atom is -0.507 e. The van der Waals surface area contributed by atoms with Crippen molar-refractivity contribution >= 4 is 16.7 Å². The molecule has 0 aliphatic heterocycles. The van der Waals surface area contributed by atoms with Crippen LogP contribution in [-0.4, -0.2) is 20.8 Å². The summed E-state index contributed by atoms with van der Waals surface area (Å²) in [6.07, 6.45) is 0. The number of aromatic nitrogens is 2. The largest absolute Gasteiger partial charge is 0.507 e. The lowest BCUT2D eigenvalue weighted by Gasteiger charge is -2.09. The molecule has 0 fully saturated rings. The number of para-hydroxylation sites is 3. The van der Waals surface area contributed by atoms with Crippen LogP contribution in [0.2, 0.25) is 0 Å². The number of rotatable bonds is 4. The molecule has 0 spiro atoms. The SMILES string of the molecule is Oc1ccccc1C(=NCc1nc2ccccc2[nH]1)c1ccccc1. The van der Waals surface area contributed by atoms with Gasteiger partial charge in [-0.05, 0) is 24.3 Å². The molecule has 122 valence electrons. The number of imidazole rings is 1. The van der Waals surface area contributed by atoms with E-state index < -0.39 is 0 Å². The van der Waals surface area contributed by atoms with Crippen molar-refractivity contribution in [1.82, 2.24) is 9.97 Å². The van der Waals surface area contributed by atoms with Crippen LogP contribution in [0.3, 0.4) is 0 Å². The van der Waals surface area contributed by atoms with Crippen LogP contribution in [0.5, 0.6) is 5.75 Å². The predicted octanol–water partition coefficient (Wildman–Crippen LogP) is 4.31. The first-order valence-corrected chi connectivity index (χ1v) is 8.13. The Morgan fingerprint density at radius 3 is 2.40 bits per heavy atom. The van der Waals surface area contributed by atoms with Gasteiger partial charge in [0.1, 0.15) is 11.6 Å². The van der Waals surface area contributed by atoms with Gasteiger partial charge in [-0.2, -0.15) is 0 Å². The quantitative estimate of drug-likeness (QED) is 0.549. The summed E-state index contributed by atoms with van der Waals surface area (Å²) in [5.41, 5.74) is 4.34. The Labute approximate surface area is 145 Å². The number of aromatic amines is 1. The number of aromatic hydroxyl groups is 1. The van der Waals surface area contributed by atoms with E-state index in [-0.39, 0.29) is 5.75 Å². The van der Waals surface area contributed by atoms with Gasteiger partial charge < -0.3 is 10.1 Å². The van der Waals surface area contributed by atoms with Crippen LogP contribution < -0.4 is 0 Å². The standard InChI is InChI=1S/C21H17N3O/c25-19-13-7-4-10-16(19)21(15-8-2-1-3-9-15)22-14-20-23-17-11-5-6-12-18(17)24-20/h1-13,25H,14H2,(H,23,24). The summed E-state index contributed by atoms with van der Waals surface area (Å²) in [5.74, 6) is 1.01. The monoisotopic (exact) mass is 327 g/mol. The fraction of sp³-hybridized carbons (Fsp3) is 0.0476. The Balaban J connectivity index is 1.75. The van der Waals surface area contributed by atoms with Crippen LogP contribution in [0.4, 0.5) is 0 Å². The highest BCUT2D eigenvalue weighted by Crippen LogP contribution is 2.21. The minimum atomic E-state index is 0.217. The van der Waals surface area contributed by atoms with Crippen LogP contribution in [0.1, 0.15) is 17.0 Å². The molecule has 2 N–H and O–H groups in total. The number of phenols is 1. The third-order valence-electron chi connectivity index (χ3n) is 4.03. The molecule has 3 aromatic carbocycles. The number of nitrogens with zero attached hydrogens (tertiary/aromatic N) is 2. The van der Waals surface area contributed by atoms with Crippen LogP contribution in [0.25, 0.3) is 11.0 Å². The van der Waals surface area contributed by atoms with Crippen molar-refractivity contribution in [1.29, 1.82) is 0 Å². The Morgan fingerprint density at radius 1 is 0.880 bits per heavy atom. The Bertz CT molecular complexity index is 1000. The molecular weight excluding hydrogens is 310 g/mol. The number of fused-ring (bicyclic) bond motifs is 1. The molecule has 0 amide bonds. The van der Waals surface area contributed by atoms with Gasteiger partial charge in [0.05, 0.1) is 23.3 Å². The van der Waals surface area contributed by atoms with E-state index in [4.69, 9.17) is 4.99 Å². The van der Waals surface area contributed by atoms with Crippen LogP contribution in [-0.2, 0) is 6.54 Å². The van der Waals surface area contributed by atoms with Gasteiger partial charge in [0.15, 0.2) is 0 Å². The van der Waals surface area contributed by atoms with Crippen molar-refractivity contribution in [2.24, 2.45) is 4.99 Å². The Morgan fingerprint density at radius 2 is 1.60 bits per heavy atom. The van der Waals surface area contributed by atoms with Gasteiger partial charge in [-0.25, -0.2) is 4.98 Å². The fourth-order valence-electron chi connectivity index (χ4n) is 2.84. The second-order valence-electron chi connectivity index (χ2n) is 5.75. The van der Waals surface area contributed by atoms with Crippen molar-refractivity contribution in [3.8, 4) is 5.75 Å². The van der Waals surface area contributed by atoms with Crippen molar-refractivity contribution in [3.63, 3.8) is 0 Å². The van der Waals surface area contributed by atoms with Gasteiger partial charge in [0, 0.05) is 11.1 Å². The van der Waals surface area contributed by atoms with Gasteiger partial charge in [-0.3, -0.25) is 4.99 Å². The summed E-state index contributed by atoms with van der Waals surface area (Å²) in [4.78, 5) is 12.6. The van der Waals surface area contributed by atoms with E-state index in [9.17, 15) is 5.11 Å². The van der Waals surface area contributed by atoms with E-state index in [0.29, 0.717) is 12.1 Å². The summed E-state index contributed by atoms with van der Waals surface area (Å²) in [7, 11) is 0. The fourth-order valence-corrected chi connectivity index (χ4v) is 2.84. The van der Waals surface area contributed by atoms with Gasteiger partial charge in [-0.1, -0.05) is 54.6 Å². The summed E-state index contributed by atoms with van der Waals surface area (Å²) >= 11 is 0. The highest BCUT2D eigenvalue weighted by atomic mass is 16.3. The molecule has 0 saturated carbocycles. The maximum Gasteiger partial charge on any atom is 0.129 e. The molecule has 4 aromatic rings. The maximum absolute atomic E-state index is 10.2. The van der Waals surface area contributed by atoms with Crippen LogP contribution in [0, 0.1) is 0 Å². The van der Waals surface area contributed by atoms with Crippen molar-refractivity contribution < 1.29 is 5.11 Å². The lowest BCUT2D eigenvalue weighted by molar-refractivity contribution is 0.474. The second kappa shape index (κ2) is 6.61. The molecule has 1 heterocycles. The molecule has 0 saturated heterocycles. The number of aliphatic imine (C=N–C) groups is 1. The molecule has 0 aliphatic rings. The van der Waals surface area contributed by atoms with Crippen molar-refractivity contribution in [3.05, 3.63) is 95.8 Å². The zero-order valence-corrected chi connectivity index (χ0v) is 13.6. The average molecular weight is 327 g/mol. The molecule has 0 aliphatic carbocycles. The van der Waals surface area contributed by atoms with E-state index >= 15 is 0 Å². The zero-order valence-electron chi connectivity index (χ0n) is 13.6. The first-order chi connectivity index (χ1) is 12.3. The van der Waals surface area contributed by atoms with E-state index in [2.05, 4.69) is 9.97 Å². The summed E-state index contributed by atoms with van der Waals surface area (Å²) in [6.45, 7) is 0.410. The predicted molar refractivity (Wildman–Crippen MR) is 100.0 cm³/mol. The van der Waals surface area contributed by atoms with Crippen LogP contribution >= 0.6 is 0 Å². The van der Waals surface area contributed by atoms with E-state index in [1.165, 1.54) is 0 Å². The topological polar surface area (TPSA) is 61.3 Å². The molecule has 0 bridgehead atoms. The van der Waals surface area contributed by atoms with Crippen LogP contribution in [0.15, 0.2) is 83.9 Å².